The van der Waals surface area contributed by atoms with Gasteiger partial charge >= 0.3 is 0 Å². The fraction of sp³-hybridized carbons (Fsp3) is 0.625. The molecule has 1 aromatic rings. The normalized spacial score (nSPS) is 19.9. The van der Waals surface area contributed by atoms with Crippen LogP contribution in [-0.2, 0) is 4.74 Å². The number of ether oxygens (including phenoxy) is 2. The lowest BCUT2D eigenvalue weighted by atomic mass is 9.73. The Hall–Kier alpha value is -1.10. The van der Waals surface area contributed by atoms with Crippen molar-refractivity contribution in [2.45, 2.75) is 38.9 Å². The molecule has 1 unspecified atom stereocenters. The average molecular weight is 279 g/mol. The molecule has 0 spiro atoms. The maximum absolute atomic E-state index is 10.8. The Kier molecular flexibility index (Phi) is 5.02. The van der Waals surface area contributed by atoms with E-state index in [9.17, 15) is 5.11 Å². The monoisotopic (exact) mass is 279 g/mol. The summed E-state index contributed by atoms with van der Waals surface area (Å²) in [5.74, 6) is 0.788. The first kappa shape index (κ1) is 15.3. The quantitative estimate of drug-likeness (QED) is 0.867. The van der Waals surface area contributed by atoms with Crippen molar-refractivity contribution in [2.24, 2.45) is 11.1 Å². The third-order valence-electron chi connectivity index (χ3n) is 4.02. The summed E-state index contributed by atoms with van der Waals surface area (Å²) in [6.07, 6.45) is 1.13. The summed E-state index contributed by atoms with van der Waals surface area (Å²) in [7, 11) is 0. The van der Waals surface area contributed by atoms with Gasteiger partial charge in [-0.05, 0) is 44.4 Å². The fourth-order valence-corrected chi connectivity index (χ4v) is 2.75. The predicted octanol–water partition coefficient (Wildman–Crippen LogP) is 2.26. The molecule has 0 saturated carbocycles. The number of hydrogen-bond acceptors (Lipinski definition) is 4. The number of hydrogen-bond donors (Lipinski definition) is 2. The van der Waals surface area contributed by atoms with Crippen LogP contribution in [0.25, 0.3) is 0 Å². The molecule has 0 aromatic heterocycles. The summed E-state index contributed by atoms with van der Waals surface area (Å²) < 4.78 is 11.1. The fourth-order valence-electron chi connectivity index (χ4n) is 2.75. The van der Waals surface area contributed by atoms with Gasteiger partial charge in [-0.25, -0.2) is 0 Å². The molecule has 1 aliphatic heterocycles. The van der Waals surface area contributed by atoms with Gasteiger partial charge in [0, 0.05) is 25.2 Å². The van der Waals surface area contributed by atoms with Gasteiger partial charge in [0.25, 0.3) is 0 Å². The predicted molar refractivity (Wildman–Crippen MR) is 78.7 cm³/mol. The van der Waals surface area contributed by atoms with Gasteiger partial charge in [0.15, 0.2) is 0 Å². The van der Waals surface area contributed by atoms with Crippen LogP contribution in [0, 0.1) is 5.41 Å². The molecule has 0 radical (unpaired) electrons. The van der Waals surface area contributed by atoms with E-state index in [1.54, 1.807) is 0 Å². The molecule has 4 nitrogen and oxygen atoms in total. The molecule has 1 atom stereocenters. The van der Waals surface area contributed by atoms with Crippen molar-refractivity contribution in [1.82, 2.24) is 0 Å². The Bertz CT molecular complexity index is 427. The van der Waals surface area contributed by atoms with Crippen molar-refractivity contribution in [1.29, 1.82) is 0 Å². The average Bonchev–Trinajstić information content (AvgIpc) is 2.47. The summed E-state index contributed by atoms with van der Waals surface area (Å²) in [5, 5.41) is 10.8. The molecule has 20 heavy (non-hydrogen) atoms. The maximum atomic E-state index is 10.8. The van der Waals surface area contributed by atoms with E-state index in [0.717, 1.165) is 24.2 Å². The van der Waals surface area contributed by atoms with Crippen molar-refractivity contribution >= 4 is 0 Å². The topological polar surface area (TPSA) is 64.7 Å². The Morgan fingerprint density at radius 2 is 2.05 bits per heavy atom. The molecular formula is C16H25NO3. The maximum Gasteiger partial charge on any atom is 0.120 e. The third-order valence-corrected chi connectivity index (χ3v) is 4.02. The molecule has 1 saturated heterocycles. The molecule has 1 aliphatic rings. The van der Waals surface area contributed by atoms with Crippen LogP contribution in [-0.4, -0.2) is 31.0 Å². The van der Waals surface area contributed by atoms with Crippen LogP contribution in [0.3, 0.4) is 0 Å². The number of nitrogens with two attached hydrogens (primary N) is 1. The van der Waals surface area contributed by atoms with E-state index >= 15 is 0 Å². The van der Waals surface area contributed by atoms with Crippen LogP contribution in [0.5, 0.6) is 5.75 Å². The van der Waals surface area contributed by atoms with Gasteiger partial charge < -0.3 is 20.3 Å². The van der Waals surface area contributed by atoms with E-state index in [1.165, 1.54) is 0 Å². The molecular weight excluding hydrogens is 254 g/mol. The van der Waals surface area contributed by atoms with Gasteiger partial charge in [-0.15, -0.1) is 0 Å². The van der Waals surface area contributed by atoms with Gasteiger partial charge in [-0.2, -0.15) is 0 Å². The van der Waals surface area contributed by atoms with E-state index in [2.05, 4.69) is 0 Å². The van der Waals surface area contributed by atoms with Crippen molar-refractivity contribution in [3.8, 4) is 5.75 Å². The second kappa shape index (κ2) is 6.57. The lowest BCUT2D eigenvalue weighted by Crippen LogP contribution is -2.41. The molecule has 112 valence electrons. The second-order valence-electron chi connectivity index (χ2n) is 5.82. The Morgan fingerprint density at radius 1 is 1.35 bits per heavy atom. The molecule has 0 amide bonds. The highest BCUT2D eigenvalue weighted by atomic mass is 16.5. The highest BCUT2D eigenvalue weighted by Gasteiger charge is 2.39. The molecule has 0 aliphatic carbocycles. The van der Waals surface area contributed by atoms with Crippen LogP contribution in [0.2, 0.25) is 0 Å². The van der Waals surface area contributed by atoms with Gasteiger partial charge in [0.05, 0.1) is 12.2 Å². The largest absolute Gasteiger partial charge is 0.491 e. The minimum Gasteiger partial charge on any atom is -0.491 e. The number of benzene rings is 1. The van der Waals surface area contributed by atoms with Crippen molar-refractivity contribution in [3.05, 3.63) is 29.8 Å². The smallest absolute Gasteiger partial charge is 0.120 e. The Balaban J connectivity index is 2.20. The molecule has 2 rings (SSSR count). The lowest BCUT2D eigenvalue weighted by Gasteiger charge is -2.40. The van der Waals surface area contributed by atoms with Crippen molar-refractivity contribution < 1.29 is 14.6 Å². The zero-order chi connectivity index (χ0) is 14.6. The summed E-state index contributed by atoms with van der Waals surface area (Å²) in [4.78, 5) is 0. The number of aliphatic hydroxyl groups is 1. The van der Waals surface area contributed by atoms with Gasteiger partial charge in [0.2, 0.25) is 0 Å². The first-order valence-electron chi connectivity index (χ1n) is 7.30. The highest BCUT2D eigenvalue weighted by Crippen LogP contribution is 2.42. The van der Waals surface area contributed by atoms with Gasteiger partial charge in [-0.3, -0.25) is 0 Å². The lowest BCUT2D eigenvalue weighted by molar-refractivity contribution is -0.0582. The number of aliphatic hydroxyl groups excluding tert-OH is 1. The van der Waals surface area contributed by atoms with Crippen LogP contribution in [0.4, 0.5) is 0 Å². The molecule has 3 N–H and O–H groups in total. The molecule has 1 fully saturated rings. The van der Waals surface area contributed by atoms with Gasteiger partial charge in [0.1, 0.15) is 5.75 Å². The molecule has 1 heterocycles. The van der Waals surface area contributed by atoms with Crippen molar-refractivity contribution in [3.63, 3.8) is 0 Å². The van der Waals surface area contributed by atoms with Crippen LogP contribution >= 0.6 is 0 Å². The second-order valence-corrected chi connectivity index (χ2v) is 5.82. The minimum absolute atomic E-state index is 0.119. The zero-order valence-corrected chi connectivity index (χ0v) is 12.3. The Labute approximate surface area is 120 Å². The first-order chi connectivity index (χ1) is 9.57. The Morgan fingerprint density at radius 3 is 2.65 bits per heavy atom. The van der Waals surface area contributed by atoms with E-state index in [1.807, 2.05) is 38.1 Å². The van der Waals surface area contributed by atoms with E-state index in [-0.39, 0.29) is 11.5 Å². The van der Waals surface area contributed by atoms with Crippen LogP contribution in [0.15, 0.2) is 24.3 Å². The molecule has 4 heteroatoms. The van der Waals surface area contributed by atoms with E-state index in [0.29, 0.717) is 19.8 Å². The molecule has 0 bridgehead atoms. The summed E-state index contributed by atoms with van der Waals surface area (Å²) >= 11 is 0. The van der Waals surface area contributed by atoms with E-state index < -0.39 is 6.10 Å². The summed E-state index contributed by atoms with van der Waals surface area (Å²) in [5.41, 5.74) is 6.54. The van der Waals surface area contributed by atoms with E-state index in [4.69, 9.17) is 15.2 Å². The van der Waals surface area contributed by atoms with Crippen molar-refractivity contribution in [2.75, 3.05) is 19.8 Å². The zero-order valence-electron chi connectivity index (χ0n) is 12.3. The minimum atomic E-state index is -0.577. The number of rotatable bonds is 5. The third kappa shape index (κ3) is 3.32. The molecule has 1 aromatic carbocycles. The van der Waals surface area contributed by atoms with Crippen LogP contribution < -0.4 is 10.5 Å². The SMILES string of the molecule is CC(C)Oc1cccc(C(O)C2(CN)CCOCC2)c1. The van der Waals surface area contributed by atoms with Gasteiger partial charge in [-0.1, -0.05) is 12.1 Å². The highest BCUT2D eigenvalue weighted by molar-refractivity contribution is 5.31. The van der Waals surface area contributed by atoms with Crippen LogP contribution in [0.1, 0.15) is 38.4 Å². The summed E-state index contributed by atoms with van der Waals surface area (Å²) in [6, 6.07) is 7.68. The standard InChI is InChI=1S/C16H25NO3/c1-12(2)20-14-5-3-4-13(10-14)15(18)16(11-17)6-8-19-9-7-16/h3-5,10,12,15,18H,6-9,11,17H2,1-2H3. The first-order valence-corrected chi connectivity index (χ1v) is 7.30. The summed E-state index contributed by atoms with van der Waals surface area (Å²) in [6.45, 7) is 5.77.